The minimum atomic E-state index is -0.409. The fourth-order valence-corrected chi connectivity index (χ4v) is 2.40. The molecule has 7 nitrogen and oxygen atoms in total. The molecule has 3 N–H and O–H groups in total. The second kappa shape index (κ2) is 5.14. The van der Waals surface area contributed by atoms with Crippen molar-refractivity contribution < 1.29 is 14.8 Å². The summed E-state index contributed by atoms with van der Waals surface area (Å²) in [6, 6.07) is 10.7. The highest BCUT2D eigenvalue weighted by atomic mass is 16.8. The molecule has 2 aromatic carbocycles. The number of carbonyl (C=O) groups excluding carboxylic acids is 2. The smallest absolute Gasteiger partial charge is 0.261 e. The van der Waals surface area contributed by atoms with Crippen molar-refractivity contribution in [1.29, 1.82) is 0 Å². The van der Waals surface area contributed by atoms with Gasteiger partial charge in [-0.2, -0.15) is 0 Å². The Hall–Kier alpha value is -2.90. The minimum Gasteiger partial charge on any atom is -0.733 e. The highest BCUT2D eigenvalue weighted by molar-refractivity contribution is 6.21. The van der Waals surface area contributed by atoms with Gasteiger partial charge in [-0.3, -0.25) is 19.7 Å². The first kappa shape index (κ1) is 14.1. The van der Waals surface area contributed by atoms with Gasteiger partial charge in [0.2, 0.25) is 0 Å². The van der Waals surface area contributed by atoms with Gasteiger partial charge < -0.3 is 16.2 Å². The molecule has 2 aromatic rings. The Bertz CT molecular complexity index is 738. The first-order valence-corrected chi connectivity index (χ1v) is 6.49. The molecule has 112 valence electrons. The van der Waals surface area contributed by atoms with Gasteiger partial charge in [0.05, 0.1) is 23.4 Å². The largest absolute Gasteiger partial charge is 0.733 e. The molecule has 0 unspecified atom stereocenters. The maximum absolute atomic E-state index is 12.3. The summed E-state index contributed by atoms with van der Waals surface area (Å²) in [6.07, 6.45) is 0. The second-order valence-corrected chi connectivity index (χ2v) is 4.90. The molecule has 0 aromatic heterocycles. The molecule has 0 saturated carbocycles. The summed E-state index contributed by atoms with van der Waals surface area (Å²) in [5.74, 6) is -0.818. The van der Waals surface area contributed by atoms with E-state index < -0.39 is 11.8 Å². The van der Waals surface area contributed by atoms with E-state index in [9.17, 15) is 14.8 Å². The number of rotatable bonds is 3. The molecule has 1 heterocycles. The number of hydrogen-bond acceptors (Lipinski definition) is 6. The van der Waals surface area contributed by atoms with Crippen LogP contribution < -0.4 is 11.0 Å². The fourth-order valence-electron chi connectivity index (χ4n) is 2.40. The lowest BCUT2D eigenvalue weighted by Gasteiger charge is -2.23. The average molecular weight is 298 g/mol. The maximum atomic E-state index is 12.3. The third-order valence-corrected chi connectivity index (χ3v) is 3.55. The van der Waals surface area contributed by atoms with Crippen molar-refractivity contribution in [3.05, 3.63) is 64.4 Å². The lowest BCUT2D eigenvalue weighted by molar-refractivity contribution is 0.0642. The third kappa shape index (κ3) is 2.18. The van der Waals surface area contributed by atoms with Gasteiger partial charge in [-0.25, -0.2) is 0 Å². The Morgan fingerprint density at radius 3 is 2.23 bits per heavy atom. The van der Waals surface area contributed by atoms with E-state index in [2.05, 4.69) is 0 Å². The number of nitrogens with zero attached hydrogens (tertiary/aromatic N) is 2. The predicted molar refractivity (Wildman–Crippen MR) is 79.1 cm³/mol. The summed E-state index contributed by atoms with van der Waals surface area (Å²) >= 11 is 0. The van der Waals surface area contributed by atoms with E-state index in [1.165, 1.54) is 18.2 Å². The van der Waals surface area contributed by atoms with Crippen LogP contribution in [0.1, 0.15) is 26.3 Å². The van der Waals surface area contributed by atoms with E-state index in [1.807, 2.05) is 0 Å². The highest BCUT2D eigenvalue weighted by Gasteiger charge is 2.35. The lowest BCUT2D eigenvalue weighted by Crippen LogP contribution is -2.29. The van der Waals surface area contributed by atoms with Crippen molar-refractivity contribution in [3.63, 3.8) is 0 Å². The molecule has 0 fully saturated rings. The van der Waals surface area contributed by atoms with E-state index in [4.69, 9.17) is 10.9 Å². The number of imide groups is 1. The van der Waals surface area contributed by atoms with Crippen LogP contribution in [-0.2, 0) is 6.54 Å². The van der Waals surface area contributed by atoms with E-state index in [0.29, 0.717) is 22.4 Å². The number of nitrogens with two attached hydrogens (primary N) is 1. The Morgan fingerprint density at radius 2 is 1.68 bits per heavy atom. The molecular weight excluding hydrogens is 286 g/mol. The van der Waals surface area contributed by atoms with Crippen molar-refractivity contribution >= 4 is 23.2 Å². The van der Waals surface area contributed by atoms with E-state index >= 15 is 0 Å². The molecule has 1 aliphatic rings. The maximum Gasteiger partial charge on any atom is 0.261 e. The summed E-state index contributed by atoms with van der Waals surface area (Å²) in [6.45, 7) is -0.0696. The Kier molecular flexibility index (Phi) is 3.28. The van der Waals surface area contributed by atoms with Crippen molar-refractivity contribution in [2.24, 2.45) is 0 Å². The topological polar surface area (TPSA) is 110 Å². The van der Waals surface area contributed by atoms with Crippen LogP contribution in [0.4, 0.5) is 11.4 Å². The number of carbonyl (C=O) groups is 2. The number of hydrogen-bond donors (Lipinski definition) is 2. The SMILES string of the molecule is Nc1ccc(N([O-])O)cc1CN1C(=O)c2ccccc2C1=O. The molecule has 0 aliphatic carbocycles. The Labute approximate surface area is 125 Å². The van der Waals surface area contributed by atoms with Gasteiger partial charge >= 0.3 is 0 Å². The molecule has 22 heavy (non-hydrogen) atoms. The summed E-state index contributed by atoms with van der Waals surface area (Å²) < 4.78 is 0. The monoisotopic (exact) mass is 298 g/mol. The number of nitrogen functional groups attached to an aromatic ring is 1. The van der Waals surface area contributed by atoms with Gasteiger partial charge in [-0.15, -0.1) is 0 Å². The van der Waals surface area contributed by atoms with Gasteiger partial charge in [-0.05, 0) is 35.9 Å². The van der Waals surface area contributed by atoms with E-state index in [0.717, 1.165) is 4.90 Å². The van der Waals surface area contributed by atoms with Crippen LogP contribution in [0.5, 0.6) is 0 Å². The van der Waals surface area contributed by atoms with Crippen molar-refractivity contribution in [3.8, 4) is 0 Å². The van der Waals surface area contributed by atoms with Crippen molar-refractivity contribution in [2.45, 2.75) is 6.54 Å². The van der Waals surface area contributed by atoms with Gasteiger partial charge in [-0.1, -0.05) is 12.1 Å². The molecule has 1 aliphatic heterocycles. The van der Waals surface area contributed by atoms with Crippen molar-refractivity contribution in [2.75, 3.05) is 11.0 Å². The quantitative estimate of drug-likeness (QED) is 0.507. The molecular formula is C15H12N3O4-. The molecule has 0 radical (unpaired) electrons. The summed E-state index contributed by atoms with van der Waals surface area (Å²) in [5.41, 5.74) is 7.20. The zero-order chi connectivity index (χ0) is 15.9. The van der Waals surface area contributed by atoms with Crippen LogP contribution in [0.15, 0.2) is 42.5 Å². The molecule has 2 amide bonds. The molecule has 0 atom stereocenters. The molecule has 7 heteroatoms. The first-order chi connectivity index (χ1) is 10.5. The Morgan fingerprint density at radius 1 is 1.09 bits per heavy atom. The fraction of sp³-hybridized carbons (Fsp3) is 0.0667. The Balaban J connectivity index is 1.94. The van der Waals surface area contributed by atoms with Crippen LogP contribution in [0, 0.1) is 5.21 Å². The highest BCUT2D eigenvalue weighted by Crippen LogP contribution is 2.27. The van der Waals surface area contributed by atoms with E-state index in [-0.39, 0.29) is 17.5 Å². The van der Waals surface area contributed by atoms with Crippen LogP contribution in [0.25, 0.3) is 0 Å². The number of fused-ring (bicyclic) bond motifs is 1. The molecule has 3 rings (SSSR count). The standard InChI is InChI=1S/C15H12N3O4/c16-13-6-5-10(18(21)22)7-9(13)8-17-14(19)11-3-1-2-4-12(11)15(17)20/h1-7,21H,8,16H2/q-1. The van der Waals surface area contributed by atoms with Crippen LogP contribution in [-0.4, -0.2) is 21.9 Å². The van der Waals surface area contributed by atoms with Gasteiger partial charge in [0.15, 0.2) is 0 Å². The van der Waals surface area contributed by atoms with Crippen LogP contribution >= 0.6 is 0 Å². The zero-order valence-corrected chi connectivity index (χ0v) is 11.4. The zero-order valence-electron chi connectivity index (χ0n) is 11.4. The predicted octanol–water partition coefficient (Wildman–Crippen LogP) is 1.76. The lowest BCUT2D eigenvalue weighted by atomic mass is 10.1. The first-order valence-electron chi connectivity index (χ1n) is 6.49. The summed E-state index contributed by atoms with van der Waals surface area (Å²) in [4.78, 5) is 25.6. The molecule has 0 spiro atoms. The van der Waals surface area contributed by atoms with E-state index in [1.54, 1.807) is 24.3 Å². The minimum absolute atomic E-state index is 0.0270. The van der Waals surface area contributed by atoms with Crippen LogP contribution in [0.3, 0.4) is 0 Å². The normalized spacial score (nSPS) is 13.5. The number of benzene rings is 2. The van der Waals surface area contributed by atoms with Gasteiger partial charge in [0, 0.05) is 5.69 Å². The summed E-state index contributed by atoms with van der Waals surface area (Å²) in [5, 5.41) is 19.6. The van der Waals surface area contributed by atoms with Crippen LogP contribution in [0.2, 0.25) is 0 Å². The third-order valence-electron chi connectivity index (χ3n) is 3.55. The number of anilines is 2. The van der Waals surface area contributed by atoms with Gasteiger partial charge in [0.1, 0.15) is 0 Å². The summed E-state index contributed by atoms with van der Waals surface area (Å²) in [7, 11) is 0. The van der Waals surface area contributed by atoms with Crippen molar-refractivity contribution in [1.82, 2.24) is 4.90 Å². The second-order valence-electron chi connectivity index (χ2n) is 4.90. The number of amides is 2. The molecule has 0 saturated heterocycles. The average Bonchev–Trinajstić information content (AvgIpc) is 2.74. The molecule has 0 bridgehead atoms. The van der Waals surface area contributed by atoms with Gasteiger partial charge in [0.25, 0.3) is 11.8 Å².